The smallest absolute Gasteiger partial charge is 0.227 e. The van der Waals surface area contributed by atoms with Crippen LogP contribution >= 0.6 is 0 Å². The highest BCUT2D eigenvalue weighted by molar-refractivity contribution is 6.10. The highest BCUT2D eigenvalue weighted by atomic mass is 16.4. The molecule has 0 spiro atoms. The number of benzene rings is 8. The highest BCUT2D eigenvalue weighted by Gasteiger charge is 2.19. The van der Waals surface area contributed by atoms with Crippen molar-refractivity contribution < 1.29 is 8.83 Å². The van der Waals surface area contributed by atoms with E-state index in [9.17, 15) is 0 Å². The number of hydrogen-bond acceptors (Lipinski definition) is 4. The lowest BCUT2D eigenvalue weighted by Gasteiger charge is -2.08. The predicted molar refractivity (Wildman–Crippen MR) is 227 cm³/mol. The first-order valence-corrected chi connectivity index (χ1v) is 18.7. The Morgan fingerprint density at radius 1 is 0.321 bits per heavy atom. The molecule has 4 aromatic heterocycles. The van der Waals surface area contributed by atoms with Crippen LogP contribution in [0.15, 0.2) is 191 Å². The summed E-state index contributed by atoms with van der Waals surface area (Å²) in [6, 6.07) is 63.1. The number of hydrogen-bond donors (Lipinski definition) is 0. The highest BCUT2D eigenvalue weighted by Crippen LogP contribution is 2.39. The van der Waals surface area contributed by atoms with E-state index in [-0.39, 0.29) is 0 Å². The van der Waals surface area contributed by atoms with Crippen molar-refractivity contribution in [1.82, 2.24) is 19.1 Å². The Labute approximate surface area is 320 Å². The fraction of sp³-hybridized carbons (Fsp3) is 0. The van der Waals surface area contributed by atoms with Gasteiger partial charge in [-0.2, -0.15) is 0 Å². The molecular formula is C50H30N4O2. The zero-order chi connectivity index (χ0) is 36.7. The van der Waals surface area contributed by atoms with Crippen molar-refractivity contribution in [3.63, 3.8) is 0 Å². The van der Waals surface area contributed by atoms with Crippen LogP contribution in [0, 0.1) is 0 Å². The second-order valence-electron chi connectivity index (χ2n) is 14.2. The van der Waals surface area contributed by atoms with Gasteiger partial charge in [-0.3, -0.25) is 0 Å². The van der Waals surface area contributed by atoms with Crippen LogP contribution in [0.25, 0.3) is 111 Å². The van der Waals surface area contributed by atoms with Gasteiger partial charge in [0.25, 0.3) is 0 Å². The topological polar surface area (TPSA) is 61.9 Å². The summed E-state index contributed by atoms with van der Waals surface area (Å²) in [5, 5.41) is 4.95. The first kappa shape index (κ1) is 30.7. The van der Waals surface area contributed by atoms with E-state index in [2.05, 4.69) is 167 Å². The van der Waals surface area contributed by atoms with Crippen LogP contribution in [0.4, 0.5) is 0 Å². The van der Waals surface area contributed by atoms with Crippen molar-refractivity contribution in [2.45, 2.75) is 0 Å². The van der Waals surface area contributed by atoms with Crippen LogP contribution in [-0.4, -0.2) is 19.1 Å². The molecule has 0 amide bonds. The van der Waals surface area contributed by atoms with Gasteiger partial charge >= 0.3 is 0 Å². The van der Waals surface area contributed by atoms with Crippen molar-refractivity contribution >= 4 is 65.8 Å². The number of nitrogens with zero attached hydrogens (tertiary/aromatic N) is 4. The van der Waals surface area contributed by atoms with Gasteiger partial charge in [0.2, 0.25) is 11.8 Å². The maximum absolute atomic E-state index is 6.41. The molecule has 0 aliphatic heterocycles. The number of fused-ring (bicyclic) bond motifs is 8. The van der Waals surface area contributed by atoms with Gasteiger partial charge in [-0.15, -0.1) is 0 Å². The Bertz CT molecular complexity index is 3130. The van der Waals surface area contributed by atoms with Crippen molar-refractivity contribution in [3.05, 3.63) is 182 Å². The summed E-state index contributed by atoms with van der Waals surface area (Å²) in [6.45, 7) is 0. The SMILES string of the molecule is c1cc(-c2cccc3oc(-c4ccc(-n5c6ccccc6c6ccccc65)cc4)nc23)c2nc(-c3ccc(-n4c5ccccc5c5ccccc54)cc3)oc2c1. The Hall–Kier alpha value is -7.70. The molecule has 0 unspecified atom stereocenters. The Morgan fingerprint density at radius 2 is 0.661 bits per heavy atom. The van der Waals surface area contributed by atoms with E-state index < -0.39 is 0 Å². The molecule has 0 saturated heterocycles. The molecule has 0 aliphatic carbocycles. The Morgan fingerprint density at radius 3 is 1.02 bits per heavy atom. The maximum Gasteiger partial charge on any atom is 0.227 e. The van der Waals surface area contributed by atoms with Crippen LogP contribution < -0.4 is 0 Å². The van der Waals surface area contributed by atoms with Gasteiger partial charge < -0.3 is 18.0 Å². The van der Waals surface area contributed by atoms with Gasteiger partial charge in [-0.05, 0) is 84.9 Å². The summed E-state index contributed by atoms with van der Waals surface area (Å²) in [7, 11) is 0. The minimum atomic E-state index is 0.567. The fourth-order valence-corrected chi connectivity index (χ4v) is 8.49. The molecule has 0 aliphatic rings. The average Bonchev–Trinajstić information content (AvgIpc) is 4.05. The van der Waals surface area contributed by atoms with Crippen molar-refractivity contribution in [2.24, 2.45) is 0 Å². The van der Waals surface area contributed by atoms with E-state index in [1.54, 1.807) is 0 Å². The maximum atomic E-state index is 6.41. The van der Waals surface area contributed by atoms with Gasteiger partial charge in [0, 0.05) is 55.2 Å². The fourth-order valence-electron chi connectivity index (χ4n) is 8.49. The number of oxazole rings is 2. The first-order valence-electron chi connectivity index (χ1n) is 18.7. The molecule has 56 heavy (non-hydrogen) atoms. The lowest BCUT2D eigenvalue weighted by molar-refractivity contribution is 0.619. The molecule has 0 fully saturated rings. The summed E-state index contributed by atoms with van der Waals surface area (Å²) < 4.78 is 17.4. The minimum Gasteiger partial charge on any atom is -0.436 e. The molecule has 6 heteroatoms. The van der Waals surface area contributed by atoms with Gasteiger partial charge in [-0.1, -0.05) is 97.1 Å². The zero-order valence-electron chi connectivity index (χ0n) is 29.9. The largest absolute Gasteiger partial charge is 0.436 e. The predicted octanol–water partition coefficient (Wildman–Crippen LogP) is 13.2. The number of para-hydroxylation sites is 6. The van der Waals surface area contributed by atoms with E-state index in [0.29, 0.717) is 22.9 Å². The third-order valence-corrected chi connectivity index (χ3v) is 11.0. The summed E-state index contributed by atoms with van der Waals surface area (Å²) in [5.41, 5.74) is 13.5. The Kier molecular flexibility index (Phi) is 6.53. The van der Waals surface area contributed by atoms with Gasteiger partial charge in [0.1, 0.15) is 11.0 Å². The van der Waals surface area contributed by atoms with Crippen molar-refractivity contribution in [3.8, 4) is 45.4 Å². The van der Waals surface area contributed by atoms with Crippen LogP contribution in [0.5, 0.6) is 0 Å². The molecule has 0 N–H and O–H groups in total. The van der Waals surface area contributed by atoms with Crippen molar-refractivity contribution in [1.29, 1.82) is 0 Å². The summed E-state index contributed by atoms with van der Waals surface area (Å²) in [6.07, 6.45) is 0. The summed E-state index contributed by atoms with van der Waals surface area (Å²) in [5.74, 6) is 1.13. The van der Waals surface area contributed by atoms with E-state index in [0.717, 1.165) is 44.7 Å². The summed E-state index contributed by atoms with van der Waals surface area (Å²) in [4.78, 5) is 10.1. The van der Waals surface area contributed by atoms with Gasteiger partial charge in [0.05, 0.1) is 22.1 Å². The number of aromatic nitrogens is 4. The molecule has 12 aromatic rings. The van der Waals surface area contributed by atoms with E-state index in [1.807, 2.05) is 24.3 Å². The monoisotopic (exact) mass is 718 g/mol. The normalized spacial score (nSPS) is 11.9. The molecule has 0 radical (unpaired) electrons. The second-order valence-corrected chi connectivity index (χ2v) is 14.2. The quantitative estimate of drug-likeness (QED) is 0.178. The van der Waals surface area contributed by atoms with Crippen molar-refractivity contribution in [2.75, 3.05) is 0 Å². The lowest BCUT2D eigenvalue weighted by Crippen LogP contribution is -1.93. The third kappa shape index (κ3) is 4.56. The molecular weight excluding hydrogens is 689 g/mol. The zero-order valence-corrected chi connectivity index (χ0v) is 29.9. The van der Waals surface area contributed by atoms with Crippen LogP contribution in [0.3, 0.4) is 0 Å². The molecule has 0 atom stereocenters. The minimum absolute atomic E-state index is 0.567. The van der Waals surface area contributed by atoms with E-state index in [1.165, 1.54) is 43.6 Å². The Balaban J connectivity index is 0.900. The molecule has 0 saturated carbocycles. The molecule has 4 heterocycles. The molecule has 8 aromatic carbocycles. The van der Waals surface area contributed by atoms with Gasteiger partial charge in [0.15, 0.2) is 11.2 Å². The van der Waals surface area contributed by atoms with Crippen LogP contribution in [0.1, 0.15) is 0 Å². The van der Waals surface area contributed by atoms with Crippen LogP contribution in [-0.2, 0) is 0 Å². The van der Waals surface area contributed by atoms with Crippen LogP contribution in [0.2, 0.25) is 0 Å². The first-order chi connectivity index (χ1) is 27.8. The number of rotatable bonds is 5. The van der Waals surface area contributed by atoms with E-state index in [4.69, 9.17) is 18.8 Å². The second kappa shape index (κ2) is 11.9. The molecule has 262 valence electrons. The van der Waals surface area contributed by atoms with Gasteiger partial charge in [-0.25, -0.2) is 9.97 Å². The summed E-state index contributed by atoms with van der Waals surface area (Å²) >= 11 is 0. The molecule has 12 rings (SSSR count). The molecule has 6 nitrogen and oxygen atoms in total. The van der Waals surface area contributed by atoms with E-state index >= 15 is 0 Å². The third-order valence-electron chi connectivity index (χ3n) is 11.0. The standard InChI is InChI=1S/C50H30N4O2/c1-5-17-41-35(11-1)36-12-2-6-18-42(36)53(41)33-27-23-31(24-28-33)49-51-47-39(15-9-21-45(47)55-49)40-16-10-22-46-48(40)52-50(56-46)32-25-29-34(30-26-32)54-43-19-7-3-13-37(43)38-14-4-8-20-44(38)54/h1-30H. The average molecular weight is 719 g/mol. The lowest BCUT2D eigenvalue weighted by atomic mass is 10.0. The molecule has 0 bridgehead atoms.